The fourth-order valence-electron chi connectivity index (χ4n) is 14.9. The van der Waals surface area contributed by atoms with Gasteiger partial charge in [0.2, 0.25) is 0 Å². The molecule has 0 radical (unpaired) electrons. The Hall–Kier alpha value is -9.00. The number of hydrogen-bond donors (Lipinski definition) is 0. The average Bonchev–Trinajstić information content (AvgIpc) is 1.63. The zero-order valence-corrected chi connectivity index (χ0v) is 69.9. The molecule has 4 aliphatic rings. The van der Waals surface area contributed by atoms with Crippen molar-refractivity contribution in [1.82, 2.24) is 0 Å². The third-order valence-electron chi connectivity index (χ3n) is 21.1. The highest BCUT2D eigenvalue weighted by Crippen LogP contribution is 2.41. The van der Waals surface area contributed by atoms with Crippen molar-refractivity contribution in [2.75, 3.05) is 40.1 Å². The molecule has 0 aromatic heterocycles. The summed E-state index contributed by atoms with van der Waals surface area (Å²) in [6.07, 6.45) is -16.4. The minimum Gasteiger partial charge on any atom is -0.469 e. The normalized spacial score (nSPS) is 25.3. The second-order valence-electron chi connectivity index (χ2n) is 31.6. The molecule has 24 heteroatoms. The minimum atomic E-state index is -1.54. The zero-order chi connectivity index (χ0) is 84.4. The molecule has 4 fully saturated rings. The Morgan fingerprint density at radius 3 is 0.942 bits per heavy atom. The van der Waals surface area contributed by atoms with Gasteiger partial charge in [-0.2, -0.15) is 0 Å². The van der Waals surface area contributed by atoms with Crippen LogP contribution >= 0.6 is 0 Å². The van der Waals surface area contributed by atoms with E-state index in [1.807, 2.05) is 243 Å². The summed E-state index contributed by atoms with van der Waals surface area (Å²) in [4.78, 5) is 53.6. The molecule has 0 unspecified atom stereocenters. The molecule has 4 heterocycles. The van der Waals surface area contributed by atoms with Crippen LogP contribution in [0.2, 0.25) is 0 Å². The highest BCUT2D eigenvalue weighted by Gasteiger charge is 2.58. The average molecular weight is 1670 g/mol. The summed E-state index contributed by atoms with van der Waals surface area (Å²) in [6, 6.07) is 77.3. The first-order chi connectivity index (χ1) is 59.1. The summed E-state index contributed by atoms with van der Waals surface area (Å²) in [5.74, 6) is -2.06. The van der Waals surface area contributed by atoms with Crippen LogP contribution < -0.4 is 0 Å². The van der Waals surface area contributed by atoms with E-state index in [0.29, 0.717) is 12.8 Å². The van der Waals surface area contributed by atoms with Gasteiger partial charge in [-0.3, -0.25) is 19.2 Å². The lowest BCUT2D eigenvalue weighted by molar-refractivity contribution is -0.381. The van der Waals surface area contributed by atoms with Crippen LogP contribution in [0, 0.1) is 5.41 Å². The predicted molar refractivity (Wildman–Crippen MR) is 444 cm³/mol. The number of unbranched alkanes of at least 4 members (excludes halogenated alkanes) is 5. The highest BCUT2D eigenvalue weighted by molar-refractivity contribution is 5.75. The van der Waals surface area contributed by atoms with E-state index in [-0.39, 0.29) is 85.3 Å². The van der Waals surface area contributed by atoms with Crippen molar-refractivity contribution in [3.05, 3.63) is 287 Å². The molecule has 8 aromatic rings. The van der Waals surface area contributed by atoms with Gasteiger partial charge in [0.15, 0.2) is 37.4 Å². The standard InChI is InChI=1S/C97H116O24/c1-67(98)114-89-85(109-60-74-47-29-16-30-48-74)79(119-94(89)120-88-84(108-59-73-45-27-15-28-46-73)80(66-113-96(101)97(3,4)5)117-92(88)105-54-36-10-8-7-9-35-53-81(100)102-6)65-112-93-90(86(110-61-75-49-31-17-32-50-75)82(106-57-71-41-23-13-24-42-71)77(116-93)63-103-55-69-37-19-11-20-38-69)121-95-91(115-68(2)99)87(111-62-76-51-33-18-34-52-76)83(107-58-72-43-25-14-26-44-72)78(118-95)64-104-56-70-39-21-12-22-40-70/h11-34,37-52,77-80,82-95H,7-10,35-36,53-66H2,1-6H3/t77-,78-,79-,80-,82-,83-,84-,85-,86+,87+,88+,89+,90+,91+,92+,93+,94+,95-/m1/s1. The van der Waals surface area contributed by atoms with Gasteiger partial charge in [0.25, 0.3) is 0 Å². The molecular formula is C97H116O24. The molecule has 121 heavy (non-hydrogen) atoms. The molecule has 0 spiro atoms. The molecule has 4 saturated heterocycles. The van der Waals surface area contributed by atoms with Crippen molar-refractivity contribution in [1.29, 1.82) is 0 Å². The van der Waals surface area contributed by atoms with Crippen LogP contribution in [0.3, 0.4) is 0 Å². The number of carbonyl (C=O) groups is 4. The summed E-state index contributed by atoms with van der Waals surface area (Å²) in [6.45, 7) is 8.08. The van der Waals surface area contributed by atoms with Gasteiger partial charge in [0.05, 0.1) is 85.2 Å². The number of methoxy groups -OCH3 is 1. The van der Waals surface area contributed by atoms with E-state index in [1.54, 1.807) is 20.8 Å². The third-order valence-corrected chi connectivity index (χ3v) is 21.1. The van der Waals surface area contributed by atoms with Gasteiger partial charge in [-0.1, -0.05) is 268 Å². The maximum Gasteiger partial charge on any atom is 0.311 e. The molecule has 0 amide bonds. The lowest BCUT2D eigenvalue weighted by Gasteiger charge is -2.50. The quantitative estimate of drug-likeness (QED) is 0.0195. The Kier molecular flexibility index (Phi) is 36.3. The largest absolute Gasteiger partial charge is 0.469 e. The number of ether oxygens (including phenoxy) is 20. The summed E-state index contributed by atoms with van der Waals surface area (Å²) in [5.41, 5.74) is 5.91. The monoisotopic (exact) mass is 1660 g/mol. The fraction of sp³-hybridized carbons (Fsp3) is 0.464. The number of rotatable bonds is 47. The maximum absolute atomic E-state index is 14.1. The van der Waals surface area contributed by atoms with Gasteiger partial charge in [-0.05, 0) is 78.1 Å². The predicted octanol–water partition coefficient (Wildman–Crippen LogP) is 15.0. The van der Waals surface area contributed by atoms with Crippen LogP contribution in [-0.4, -0.2) is 175 Å². The van der Waals surface area contributed by atoms with Crippen molar-refractivity contribution in [3.63, 3.8) is 0 Å². The maximum atomic E-state index is 14.1. The molecule has 4 aliphatic heterocycles. The van der Waals surface area contributed by atoms with Crippen LogP contribution in [0.4, 0.5) is 0 Å². The summed E-state index contributed by atoms with van der Waals surface area (Å²) < 4.78 is 137. The van der Waals surface area contributed by atoms with Crippen LogP contribution in [0.25, 0.3) is 0 Å². The smallest absolute Gasteiger partial charge is 0.311 e. The van der Waals surface area contributed by atoms with Gasteiger partial charge >= 0.3 is 23.9 Å². The van der Waals surface area contributed by atoms with E-state index in [9.17, 15) is 19.2 Å². The molecule has 0 saturated carbocycles. The zero-order valence-electron chi connectivity index (χ0n) is 69.9. The fourth-order valence-corrected chi connectivity index (χ4v) is 14.9. The Labute approximate surface area is 710 Å². The van der Waals surface area contributed by atoms with Crippen molar-refractivity contribution >= 4 is 23.9 Å². The van der Waals surface area contributed by atoms with E-state index in [2.05, 4.69) is 0 Å². The van der Waals surface area contributed by atoms with Crippen molar-refractivity contribution in [2.24, 2.45) is 5.41 Å². The van der Waals surface area contributed by atoms with Gasteiger partial charge in [0.1, 0.15) is 79.9 Å². The first kappa shape index (κ1) is 91.2. The van der Waals surface area contributed by atoms with Gasteiger partial charge < -0.3 is 94.7 Å². The van der Waals surface area contributed by atoms with Crippen LogP contribution in [0.5, 0.6) is 0 Å². The molecule has 0 N–H and O–H groups in total. The summed E-state index contributed by atoms with van der Waals surface area (Å²) >= 11 is 0. The van der Waals surface area contributed by atoms with E-state index >= 15 is 0 Å². The lowest BCUT2D eigenvalue weighted by Crippen LogP contribution is -2.66. The topological polar surface area (TPSA) is 253 Å². The molecule has 24 nitrogen and oxygen atoms in total. The van der Waals surface area contributed by atoms with Crippen molar-refractivity contribution in [2.45, 2.75) is 243 Å². The lowest BCUT2D eigenvalue weighted by atomic mass is 9.96. The van der Waals surface area contributed by atoms with E-state index in [0.717, 1.165) is 76.6 Å². The number of benzene rings is 8. The number of hydrogen-bond acceptors (Lipinski definition) is 24. The molecular weight excluding hydrogens is 1550 g/mol. The van der Waals surface area contributed by atoms with E-state index in [4.69, 9.17) is 94.7 Å². The Balaban J connectivity index is 0.940. The first-order valence-corrected chi connectivity index (χ1v) is 42.0. The SMILES string of the molecule is COC(=O)CCCCCCCCO[C@H]1O[C@H](COC(=O)C(C)(C)C)[C@@H](OCc2ccccc2)[C@@H]1O[C@@H]1O[C@H](CO[C@H]2O[C@H](COCc3ccccc3)[C@@H](OCc3ccccc3)[C@H](OCc3ccccc3)[C@@H]2O[C@H]2O[C@H](COCc3ccccc3)[C@@H](OCc3ccccc3)[C@H](OCc3ccccc3)[C@@H]2OC(C)=O)[C@@H](OCc2ccccc2)[C@@H]1OC(C)=O. The molecule has 18 atom stereocenters. The second kappa shape index (κ2) is 48.2. The molecule has 0 bridgehead atoms. The van der Waals surface area contributed by atoms with Crippen molar-refractivity contribution < 1.29 is 114 Å². The van der Waals surface area contributed by atoms with Crippen LogP contribution in [-0.2, 0) is 167 Å². The van der Waals surface area contributed by atoms with Gasteiger partial charge in [-0.15, -0.1) is 0 Å². The molecule has 648 valence electrons. The van der Waals surface area contributed by atoms with E-state index in [1.165, 1.54) is 21.0 Å². The third kappa shape index (κ3) is 28.5. The van der Waals surface area contributed by atoms with Crippen molar-refractivity contribution in [3.8, 4) is 0 Å². The van der Waals surface area contributed by atoms with Gasteiger partial charge in [-0.25, -0.2) is 0 Å². The van der Waals surface area contributed by atoms with Crippen LogP contribution in [0.1, 0.15) is 124 Å². The van der Waals surface area contributed by atoms with Gasteiger partial charge in [0, 0.05) is 26.9 Å². The molecule has 8 aromatic carbocycles. The summed E-state index contributed by atoms with van der Waals surface area (Å²) in [7, 11) is 1.39. The Morgan fingerprint density at radius 1 is 0.298 bits per heavy atom. The van der Waals surface area contributed by atoms with Crippen LogP contribution in [0.15, 0.2) is 243 Å². The highest BCUT2D eigenvalue weighted by atomic mass is 16.8. The summed E-state index contributed by atoms with van der Waals surface area (Å²) in [5, 5.41) is 0. The number of esters is 4. The molecule has 0 aliphatic carbocycles. The molecule has 12 rings (SSSR count). The first-order valence-electron chi connectivity index (χ1n) is 42.0. The minimum absolute atomic E-state index is 0.00210. The Bertz CT molecular complexity index is 4270. The number of carbonyl (C=O) groups excluding carboxylic acids is 4. The Morgan fingerprint density at radius 2 is 0.579 bits per heavy atom. The van der Waals surface area contributed by atoms with E-state index < -0.39 is 141 Å². The second-order valence-corrected chi connectivity index (χ2v) is 31.6.